The van der Waals surface area contributed by atoms with Gasteiger partial charge >= 0.3 is 0 Å². The lowest BCUT2D eigenvalue weighted by Crippen LogP contribution is -1.98. The van der Waals surface area contributed by atoms with E-state index < -0.39 is 0 Å². The van der Waals surface area contributed by atoms with Gasteiger partial charge in [0.15, 0.2) is 0 Å². The van der Waals surface area contributed by atoms with Crippen LogP contribution in [0, 0.1) is 17.8 Å². The van der Waals surface area contributed by atoms with Crippen LogP contribution in [0.15, 0.2) is 23.8 Å². The van der Waals surface area contributed by atoms with Gasteiger partial charge in [0.25, 0.3) is 0 Å². The molecule has 0 aromatic rings. The first-order valence-electron chi connectivity index (χ1n) is 3.91. The highest BCUT2D eigenvalue weighted by Crippen LogP contribution is 2.07. The maximum Gasteiger partial charge on any atom is 0.0361 e. The lowest BCUT2D eigenvalue weighted by Gasteiger charge is -1.95. The van der Waals surface area contributed by atoms with E-state index in [2.05, 4.69) is 30.9 Å². The van der Waals surface area contributed by atoms with Gasteiger partial charge in [-0.3, -0.25) is 0 Å². The Morgan fingerprint density at radius 3 is 3.18 bits per heavy atom. The highest BCUT2D eigenvalue weighted by molar-refractivity contribution is 5.34. The lowest BCUT2D eigenvalue weighted by molar-refractivity contribution is 0.956. The molecule has 1 aliphatic rings. The van der Waals surface area contributed by atoms with Crippen LogP contribution >= 0.6 is 0 Å². The molecule has 0 bridgehead atoms. The predicted molar refractivity (Wildman–Crippen MR) is 47.8 cm³/mol. The molecular weight excluding hydrogens is 134 g/mol. The van der Waals surface area contributed by atoms with Crippen molar-refractivity contribution in [3.05, 3.63) is 23.8 Å². The van der Waals surface area contributed by atoms with Crippen molar-refractivity contribution >= 4 is 0 Å². The second-order valence-electron chi connectivity index (χ2n) is 2.69. The standard InChI is InChI=1S/C10H13N/c1-9-3-2-4-10(6-5-9)7-8-11/h4-6,9H,7-8,11H2,1H3. The number of allylic oxidation sites excluding steroid dienone is 3. The van der Waals surface area contributed by atoms with Crippen molar-refractivity contribution in [2.75, 3.05) is 6.54 Å². The summed E-state index contributed by atoms with van der Waals surface area (Å²) < 4.78 is 0. The number of hydrogen-bond acceptors (Lipinski definition) is 1. The van der Waals surface area contributed by atoms with Crippen molar-refractivity contribution in [3.63, 3.8) is 0 Å². The van der Waals surface area contributed by atoms with Crippen LogP contribution in [-0.2, 0) is 0 Å². The van der Waals surface area contributed by atoms with Crippen LogP contribution in [-0.4, -0.2) is 6.54 Å². The van der Waals surface area contributed by atoms with Crippen molar-refractivity contribution in [1.29, 1.82) is 0 Å². The number of nitrogens with two attached hydrogens (primary N) is 1. The average Bonchev–Trinajstić information content (AvgIpc) is 2.17. The van der Waals surface area contributed by atoms with Crippen LogP contribution in [0.1, 0.15) is 13.3 Å². The smallest absolute Gasteiger partial charge is 0.0361 e. The first kappa shape index (κ1) is 8.10. The highest BCUT2D eigenvalue weighted by atomic mass is 14.5. The summed E-state index contributed by atoms with van der Waals surface area (Å²) >= 11 is 0. The molecule has 0 saturated carbocycles. The normalized spacial score (nSPS) is 21.6. The molecule has 0 amide bonds. The summed E-state index contributed by atoms with van der Waals surface area (Å²) in [6.07, 6.45) is 7.09. The summed E-state index contributed by atoms with van der Waals surface area (Å²) in [6.45, 7) is 2.79. The van der Waals surface area contributed by atoms with E-state index in [1.54, 1.807) is 0 Å². The fraction of sp³-hybridized carbons (Fsp3) is 0.400. The Labute approximate surface area is 68.0 Å². The van der Waals surface area contributed by atoms with Crippen LogP contribution in [0.4, 0.5) is 0 Å². The maximum absolute atomic E-state index is 5.42. The molecule has 0 heterocycles. The molecule has 58 valence electrons. The molecule has 1 rings (SSSR count). The Morgan fingerprint density at radius 1 is 1.64 bits per heavy atom. The van der Waals surface area contributed by atoms with E-state index in [0.717, 1.165) is 6.42 Å². The Bertz CT molecular complexity index is 237. The highest BCUT2D eigenvalue weighted by Gasteiger charge is 1.95. The maximum atomic E-state index is 5.42. The summed E-state index contributed by atoms with van der Waals surface area (Å²) in [5.41, 5.74) is 6.66. The van der Waals surface area contributed by atoms with Crippen LogP contribution in [0.25, 0.3) is 0 Å². The lowest BCUT2D eigenvalue weighted by atomic mass is 10.1. The van der Waals surface area contributed by atoms with Crippen molar-refractivity contribution in [1.82, 2.24) is 0 Å². The molecule has 0 aromatic carbocycles. The van der Waals surface area contributed by atoms with Crippen molar-refractivity contribution < 1.29 is 0 Å². The van der Waals surface area contributed by atoms with E-state index in [1.807, 2.05) is 6.08 Å². The largest absolute Gasteiger partial charge is 0.330 e. The first-order valence-corrected chi connectivity index (χ1v) is 3.91. The topological polar surface area (TPSA) is 26.0 Å². The van der Waals surface area contributed by atoms with Crippen molar-refractivity contribution in [3.8, 4) is 11.8 Å². The minimum absolute atomic E-state index is 0.376. The molecular formula is C10H13N. The van der Waals surface area contributed by atoms with E-state index >= 15 is 0 Å². The van der Waals surface area contributed by atoms with Crippen molar-refractivity contribution in [2.24, 2.45) is 11.7 Å². The van der Waals surface area contributed by atoms with Gasteiger partial charge in [-0.1, -0.05) is 24.0 Å². The van der Waals surface area contributed by atoms with Crippen LogP contribution in [0.2, 0.25) is 0 Å². The molecule has 2 N–H and O–H groups in total. The molecule has 0 radical (unpaired) electrons. The SMILES string of the molecule is CC1C#CC=C(CCN)C=C1. The van der Waals surface area contributed by atoms with Gasteiger partial charge in [0.1, 0.15) is 0 Å². The van der Waals surface area contributed by atoms with Crippen molar-refractivity contribution in [2.45, 2.75) is 13.3 Å². The minimum Gasteiger partial charge on any atom is -0.330 e. The summed E-state index contributed by atoms with van der Waals surface area (Å²) in [5.74, 6) is 6.46. The van der Waals surface area contributed by atoms with E-state index in [4.69, 9.17) is 5.73 Å². The van der Waals surface area contributed by atoms with Crippen LogP contribution < -0.4 is 5.73 Å². The predicted octanol–water partition coefficient (Wildman–Crippen LogP) is 1.47. The van der Waals surface area contributed by atoms with Gasteiger partial charge in [-0.15, -0.1) is 0 Å². The molecule has 0 aliphatic heterocycles. The molecule has 1 nitrogen and oxygen atoms in total. The van der Waals surface area contributed by atoms with Gasteiger partial charge in [-0.2, -0.15) is 0 Å². The fourth-order valence-corrected chi connectivity index (χ4v) is 0.952. The Balaban J connectivity index is 2.64. The van der Waals surface area contributed by atoms with Gasteiger partial charge < -0.3 is 5.73 Å². The zero-order valence-corrected chi connectivity index (χ0v) is 6.80. The summed E-state index contributed by atoms with van der Waals surface area (Å²) in [4.78, 5) is 0. The van der Waals surface area contributed by atoms with Gasteiger partial charge in [0.05, 0.1) is 0 Å². The minimum atomic E-state index is 0.376. The van der Waals surface area contributed by atoms with Crippen LogP contribution in [0.5, 0.6) is 0 Å². The van der Waals surface area contributed by atoms with Gasteiger partial charge in [-0.25, -0.2) is 0 Å². The molecule has 0 fully saturated rings. The number of rotatable bonds is 2. The molecule has 0 spiro atoms. The third kappa shape index (κ3) is 2.61. The third-order valence-corrected chi connectivity index (χ3v) is 1.60. The zero-order chi connectivity index (χ0) is 8.10. The molecule has 0 aromatic heterocycles. The Morgan fingerprint density at radius 2 is 2.45 bits per heavy atom. The van der Waals surface area contributed by atoms with E-state index in [0.29, 0.717) is 12.5 Å². The quantitative estimate of drug-likeness (QED) is 0.588. The molecule has 1 unspecified atom stereocenters. The monoisotopic (exact) mass is 147 g/mol. The second-order valence-corrected chi connectivity index (χ2v) is 2.69. The zero-order valence-electron chi connectivity index (χ0n) is 6.80. The van der Waals surface area contributed by atoms with Gasteiger partial charge in [-0.05, 0) is 31.5 Å². The molecule has 1 atom stereocenters. The Hall–Kier alpha value is -1.00. The van der Waals surface area contributed by atoms with Crippen LogP contribution in [0.3, 0.4) is 0 Å². The summed E-state index contributed by atoms with van der Waals surface area (Å²) in [7, 11) is 0. The van der Waals surface area contributed by atoms with E-state index in [1.165, 1.54) is 5.57 Å². The van der Waals surface area contributed by atoms with Gasteiger partial charge in [0.2, 0.25) is 0 Å². The molecule has 1 aliphatic carbocycles. The third-order valence-electron chi connectivity index (χ3n) is 1.60. The molecule has 11 heavy (non-hydrogen) atoms. The average molecular weight is 147 g/mol. The van der Waals surface area contributed by atoms with E-state index in [9.17, 15) is 0 Å². The molecule has 1 heteroatoms. The molecule has 0 saturated heterocycles. The van der Waals surface area contributed by atoms with E-state index in [-0.39, 0.29) is 0 Å². The van der Waals surface area contributed by atoms with Gasteiger partial charge in [0, 0.05) is 5.92 Å². The fourth-order valence-electron chi connectivity index (χ4n) is 0.952. The Kier molecular flexibility index (Phi) is 2.95. The second kappa shape index (κ2) is 4.00. The first-order chi connectivity index (χ1) is 5.33. The summed E-state index contributed by atoms with van der Waals surface area (Å²) in [5, 5.41) is 0. The number of hydrogen-bond donors (Lipinski definition) is 1. The summed E-state index contributed by atoms with van der Waals surface area (Å²) in [6, 6.07) is 0.